The Morgan fingerprint density at radius 3 is 2.27 bits per heavy atom. The maximum atomic E-state index is 5.20. The van der Waals surface area contributed by atoms with Gasteiger partial charge in [0.15, 0.2) is 0 Å². The van der Waals surface area contributed by atoms with E-state index in [0.29, 0.717) is 6.10 Å². The zero-order valence-corrected chi connectivity index (χ0v) is 8.85. The van der Waals surface area contributed by atoms with Crippen LogP contribution in [0.15, 0.2) is 27.1 Å². The summed E-state index contributed by atoms with van der Waals surface area (Å²) in [6, 6.07) is 6.06. The maximum absolute atomic E-state index is 5.20. The Morgan fingerprint density at radius 1 is 1.27 bits per heavy atom. The monoisotopic (exact) mass is 276 g/mol. The Morgan fingerprint density at radius 2 is 1.82 bits per heavy atom. The molecule has 0 unspecified atom stereocenters. The fraction of sp³-hybridized carbons (Fsp3) is 0.250. The van der Waals surface area contributed by atoms with Crippen molar-refractivity contribution in [3.05, 3.63) is 32.7 Å². The summed E-state index contributed by atoms with van der Waals surface area (Å²) in [6.45, 7) is 0.848. The van der Waals surface area contributed by atoms with Gasteiger partial charge < -0.3 is 4.74 Å². The van der Waals surface area contributed by atoms with Crippen LogP contribution < -0.4 is 0 Å². The Labute approximate surface area is 82.0 Å². The predicted octanol–water partition coefficient (Wildman–Crippen LogP) is 3.28. The first kappa shape index (κ1) is 7.77. The van der Waals surface area contributed by atoms with E-state index in [1.807, 2.05) is 18.2 Å². The molecule has 1 fully saturated rings. The highest BCUT2D eigenvalue weighted by Gasteiger charge is 2.28. The van der Waals surface area contributed by atoms with Crippen LogP contribution in [-0.4, -0.2) is 6.61 Å². The van der Waals surface area contributed by atoms with E-state index in [1.165, 1.54) is 5.56 Å². The van der Waals surface area contributed by atoms with Crippen molar-refractivity contribution in [1.29, 1.82) is 0 Å². The number of halogens is 2. The third-order valence-corrected chi connectivity index (χ3v) is 3.04. The van der Waals surface area contributed by atoms with Gasteiger partial charge in [0.2, 0.25) is 0 Å². The standard InChI is InChI=1S/C8H6Br2O/c9-5-2-1-3-6(10)8(5)7-4-11-7/h1-3,7H,4H2/t7-/m1/s1. The summed E-state index contributed by atoms with van der Waals surface area (Å²) >= 11 is 6.96. The van der Waals surface area contributed by atoms with Crippen LogP contribution in [0.4, 0.5) is 0 Å². The number of benzene rings is 1. The highest BCUT2D eigenvalue weighted by atomic mass is 79.9. The van der Waals surface area contributed by atoms with E-state index >= 15 is 0 Å². The van der Waals surface area contributed by atoms with Crippen LogP contribution in [0.2, 0.25) is 0 Å². The lowest BCUT2D eigenvalue weighted by Gasteiger charge is -2.01. The molecule has 1 saturated heterocycles. The van der Waals surface area contributed by atoms with E-state index in [1.54, 1.807) is 0 Å². The van der Waals surface area contributed by atoms with Crippen molar-refractivity contribution in [2.45, 2.75) is 6.10 Å². The molecule has 0 N–H and O–H groups in total. The van der Waals surface area contributed by atoms with Gasteiger partial charge in [0.25, 0.3) is 0 Å². The summed E-state index contributed by atoms with van der Waals surface area (Å²) in [6.07, 6.45) is 0.306. The second kappa shape index (κ2) is 2.88. The minimum Gasteiger partial charge on any atom is -0.368 e. The van der Waals surface area contributed by atoms with Gasteiger partial charge in [0.1, 0.15) is 6.10 Å². The van der Waals surface area contributed by atoms with Crippen molar-refractivity contribution < 1.29 is 4.74 Å². The van der Waals surface area contributed by atoms with Crippen LogP contribution in [0, 0.1) is 0 Å². The van der Waals surface area contributed by atoms with E-state index in [0.717, 1.165) is 15.6 Å². The molecule has 1 aliphatic heterocycles. The molecule has 1 nitrogen and oxygen atoms in total. The highest BCUT2D eigenvalue weighted by molar-refractivity contribution is 9.11. The van der Waals surface area contributed by atoms with Crippen molar-refractivity contribution in [2.24, 2.45) is 0 Å². The molecule has 0 aliphatic carbocycles. The van der Waals surface area contributed by atoms with Crippen LogP contribution in [0.25, 0.3) is 0 Å². The van der Waals surface area contributed by atoms with Crippen LogP contribution in [0.1, 0.15) is 11.7 Å². The molecular weight excluding hydrogens is 272 g/mol. The van der Waals surface area contributed by atoms with Crippen molar-refractivity contribution in [3.8, 4) is 0 Å². The van der Waals surface area contributed by atoms with Crippen LogP contribution in [0.5, 0.6) is 0 Å². The molecule has 0 radical (unpaired) electrons. The van der Waals surface area contributed by atoms with Gasteiger partial charge in [-0.1, -0.05) is 37.9 Å². The van der Waals surface area contributed by atoms with Gasteiger partial charge in [0.05, 0.1) is 6.61 Å². The molecule has 0 aromatic heterocycles. The number of hydrogen-bond acceptors (Lipinski definition) is 1. The predicted molar refractivity (Wildman–Crippen MR) is 50.5 cm³/mol. The summed E-state index contributed by atoms with van der Waals surface area (Å²) in [5.74, 6) is 0. The molecule has 1 aromatic rings. The number of ether oxygens (including phenoxy) is 1. The maximum Gasteiger partial charge on any atom is 0.108 e. The molecule has 1 aromatic carbocycles. The average molecular weight is 278 g/mol. The lowest BCUT2D eigenvalue weighted by Crippen LogP contribution is -1.84. The molecule has 0 bridgehead atoms. The molecule has 2 rings (SSSR count). The molecule has 0 saturated carbocycles. The molecule has 1 atom stereocenters. The van der Waals surface area contributed by atoms with E-state index in [4.69, 9.17) is 4.74 Å². The third kappa shape index (κ3) is 1.50. The van der Waals surface area contributed by atoms with Gasteiger partial charge in [-0.05, 0) is 12.1 Å². The summed E-state index contributed by atoms with van der Waals surface area (Å²) < 4.78 is 7.44. The van der Waals surface area contributed by atoms with Gasteiger partial charge in [0, 0.05) is 14.5 Å². The van der Waals surface area contributed by atoms with E-state index in [2.05, 4.69) is 31.9 Å². The summed E-state index contributed by atoms with van der Waals surface area (Å²) in [5.41, 5.74) is 1.23. The zero-order chi connectivity index (χ0) is 7.84. The average Bonchev–Trinajstić information content (AvgIpc) is 2.70. The van der Waals surface area contributed by atoms with Gasteiger partial charge >= 0.3 is 0 Å². The second-order valence-electron chi connectivity index (χ2n) is 2.46. The largest absolute Gasteiger partial charge is 0.368 e. The molecule has 3 heteroatoms. The van der Waals surface area contributed by atoms with Crippen LogP contribution in [0.3, 0.4) is 0 Å². The van der Waals surface area contributed by atoms with Crippen molar-refractivity contribution >= 4 is 31.9 Å². The summed E-state index contributed by atoms with van der Waals surface area (Å²) in [5, 5.41) is 0. The SMILES string of the molecule is Brc1cccc(Br)c1[C@H]1CO1. The fourth-order valence-corrected chi connectivity index (χ4v) is 2.54. The first-order chi connectivity index (χ1) is 5.29. The first-order valence-electron chi connectivity index (χ1n) is 3.34. The minimum atomic E-state index is 0.306. The van der Waals surface area contributed by atoms with E-state index in [-0.39, 0.29) is 0 Å². The Hall–Kier alpha value is 0.140. The zero-order valence-electron chi connectivity index (χ0n) is 5.68. The molecule has 1 heterocycles. The molecule has 58 valence electrons. The Kier molecular flexibility index (Phi) is 2.04. The molecule has 0 spiro atoms. The lowest BCUT2D eigenvalue weighted by atomic mass is 10.2. The van der Waals surface area contributed by atoms with Gasteiger partial charge in [-0.2, -0.15) is 0 Å². The van der Waals surface area contributed by atoms with Gasteiger partial charge in [-0.3, -0.25) is 0 Å². The van der Waals surface area contributed by atoms with E-state index < -0.39 is 0 Å². The second-order valence-corrected chi connectivity index (χ2v) is 4.17. The van der Waals surface area contributed by atoms with Crippen LogP contribution in [-0.2, 0) is 4.74 Å². The normalized spacial score (nSPS) is 21.8. The van der Waals surface area contributed by atoms with Crippen molar-refractivity contribution in [1.82, 2.24) is 0 Å². The lowest BCUT2D eigenvalue weighted by molar-refractivity contribution is 0.414. The number of rotatable bonds is 1. The number of hydrogen-bond donors (Lipinski definition) is 0. The van der Waals surface area contributed by atoms with Crippen molar-refractivity contribution in [3.63, 3.8) is 0 Å². The summed E-state index contributed by atoms with van der Waals surface area (Å²) in [4.78, 5) is 0. The molecular formula is C8H6Br2O. The quantitative estimate of drug-likeness (QED) is 0.718. The highest BCUT2D eigenvalue weighted by Crippen LogP contribution is 2.39. The number of epoxide rings is 1. The van der Waals surface area contributed by atoms with Gasteiger partial charge in [-0.25, -0.2) is 0 Å². The fourth-order valence-electron chi connectivity index (χ4n) is 1.03. The smallest absolute Gasteiger partial charge is 0.108 e. The Balaban J connectivity index is 2.48. The van der Waals surface area contributed by atoms with Crippen molar-refractivity contribution in [2.75, 3.05) is 6.61 Å². The van der Waals surface area contributed by atoms with Gasteiger partial charge in [-0.15, -0.1) is 0 Å². The third-order valence-electron chi connectivity index (χ3n) is 1.66. The first-order valence-corrected chi connectivity index (χ1v) is 4.93. The van der Waals surface area contributed by atoms with Crippen LogP contribution >= 0.6 is 31.9 Å². The molecule has 0 amide bonds. The Bertz CT molecular complexity index is 261. The van der Waals surface area contributed by atoms with E-state index in [9.17, 15) is 0 Å². The summed E-state index contributed by atoms with van der Waals surface area (Å²) in [7, 11) is 0. The minimum absolute atomic E-state index is 0.306. The molecule has 11 heavy (non-hydrogen) atoms. The topological polar surface area (TPSA) is 12.5 Å². The molecule has 1 aliphatic rings.